The van der Waals surface area contributed by atoms with Gasteiger partial charge < -0.3 is 19.7 Å². The fourth-order valence-electron chi connectivity index (χ4n) is 2.48. The molecule has 0 bridgehead atoms. The number of para-hydroxylation sites is 2. The number of anilines is 1. The molecule has 1 aliphatic rings. The predicted molar refractivity (Wildman–Crippen MR) is 74.2 cm³/mol. The SMILES string of the molecule is Cn1c(NCC2(O)CCOCC2)nc2ccccc21. The van der Waals surface area contributed by atoms with Crippen molar-refractivity contribution in [2.45, 2.75) is 18.4 Å². The number of rotatable bonds is 3. The molecule has 1 fully saturated rings. The molecule has 0 amide bonds. The van der Waals surface area contributed by atoms with Gasteiger partial charge >= 0.3 is 0 Å². The van der Waals surface area contributed by atoms with Crippen molar-refractivity contribution in [3.63, 3.8) is 0 Å². The van der Waals surface area contributed by atoms with Gasteiger partial charge in [-0.3, -0.25) is 0 Å². The highest BCUT2D eigenvalue weighted by molar-refractivity contribution is 5.78. The average molecular weight is 261 g/mol. The quantitative estimate of drug-likeness (QED) is 0.879. The number of nitrogens with one attached hydrogen (secondary N) is 1. The number of imidazole rings is 1. The van der Waals surface area contributed by atoms with E-state index >= 15 is 0 Å². The lowest BCUT2D eigenvalue weighted by Gasteiger charge is -2.32. The number of benzene rings is 1. The summed E-state index contributed by atoms with van der Waals surface area (Å²) in [7, 11) is 1.98. The summed E-state index contributed by atoms with van der Waals surface area (Å²) in [5, 5.41) is 13.7. The average Bonchev–Trinajstić information content (AvgIpc) is 2.75. The molecule has 102 valence electrons. The summed E-state index contributed by atoms with van der Waals surface area (Å²) in [6.45, 7) is 1.76. The molecule has 0 aliphatic carbocycles. The molecule has 5 nitrogen and oxygen atoms in total. The maximum atomic E-state index is 10.4. The van der Waals surface area contributed by atoms with E-state index in [4.69, 9.17) is 4.74 Å². The summed E-state index contributed by atoms with van der Waals surface area (Å²) in [6.07, 6.45) is 1.34. The van der Waals surface area contributed by atoms with Crippen LogP contribution in [0.15, 0.2) is 24.3 Å². The second kappa shape index (κ2) is 4.83. The highest BCUT2D eigenvalue weighted by atomic mass is 16.5. The molecule has 2 heterocycles. The van der Waals surface area contributed by atoms with Crippen LogP contribution >= 0.6 is 0 Å². The van der Waals surface area contributed by atoms with Crippen LogP contribution in [0.4, 0.5) is 5.95 Å². The largest absolute Gasteiger partial charge is 0.388 e. The molecule has 2 N–H and O–H groups in total. The molecule has 1 aliphatic heterocycles. The zero-order valence-electron chi connectivity index (χ0n) is 11.1. The Morgan fingerprint density at radius 2 is 2.11 bits per heavy atom. The minimum absolute atomic E-state index is 0.507. The van der Waals surface area contributed by atoms with Crippen molar-refractivity contribution in [1.82, 2.24) is 9.55 Å². The molecule has 2 aromatic rings. The Hall–Kier alpha value is -1.59. The third-order valence-corrected chi connectivity index (χ3v) is 3.79. The zero-order chi connectivity index (χ0) is 13.3. The van der Waals surface area contributed by atoms with Gasteiger partial charge in [-0.05, 0) is 12.1 Å². The Kier molecular flexibility index (Phi) is 3.16. The van der Waals surface area contributed by atoms with Gasteiger partial charge in [0.2, 0.25) is 5.95 Å². The van der Waals surface area contributed by atoms with Crippen LogP contribution in [-0.2, 0) is 11.8 Å². The van der Waals surface area contributed by atoms with Crippen LogP contribution in [0.5, 0.6) is 0 Å². The molecule has 0 radical (unpaired) electrons. The van der Waals surface area contributed by atoms with E-state index in [-0.39, 0.29) is 0 Å². The summed E-state index contributed by atoms with van der Waals surface area (Å²) in [6, 6.07) is 8.01. The Morgan fingerprint density at radius 3 is 2.84 bits per heavy atom. The van der Waals surface area contributed by atoms with Gasteiger partial charge in [0.05, 0.1) is 16.6 Å². The van der Waals surface area contributed by atoms with Crippen molar-refractivity contribution >= 4 is 17.0 Å². The second-order valence-corrected chi connectivity index (χ2v) is 5.17. The molecule has 19 heavy (non-hydrogen) atoms. The number of aryl methyl sites for hydroxylation is 1. The van der Waals surface area contributed by atoms with Crippen molar-refractivity contribution in [3.8, 4) is 0 Å². The number of hydrogen-bond acceptors (Lipinski definition) is 4. The van der Waals surface area contributed by atoms with Crippen LogP contribution in [0.25, 0.3) is 11.0 Å². The number of aromatic nitrogens is 2. The van der Waals surface area contributed by atoms with Crippen molar-refractivity contribution < 1.29 is 9.84 Å². The molecule has 0 unspecified atom stereocenters. The fraction of sp³-hybridized carbons (Fsp3) is 0.500. The first-order valence-corrected chi connectivity index (χ1v) is 6.63. The number of fused-ring (bicyclic) bond motifs is 1. The molecule has 5 heteroatoms. The number of ether oxygens (including phenoxy) is 1. The van der Waals surface area contributed by atoms with Crippen molar-refractivity contribution in [1.29, 1.82) is 0 Å². The third kappa shape index (κ3) is 2.43. The maximum absolute atomic E-state index is 10.4. The minimum Gasteiger partial charge on any atom is -0.388 e. The minimum atomic E-state index is -0.684. The normalized spacial score (nSPS) is 18.6. The van der Waals surface area contributed by atoms with Crippen molar-refractivity contribution in [2.24, 2.45) is 7.05 Å². The van der Waals surface area contributed by atoms with Crippen LogP contribution in [0.3, 0.4) is 0 Å². The van der Waals surface area contributed by atoms with Gasteiger partial charge in [-0.2, -0.15) is 0 Å². The number of nitrogens with zero attached hydrogens (tertiary/aromatic N) is 2. The Labute approximate surface area is 112 Å². The van der Waals surface area contributed by atoms with E-state index in [0.717, 1.165) is 17.0 Å². The zero-order valence-corrected chi connectivity index (χ0v) is 11.1. The summed E-state index contributed by atoms with van der Waals surface area (Å²) < 4.78 is 7.29. The fourth-order valence-corrected chi connectivity index (χ4v) is 2.48. The lowest BCUT2D eigenvalue weighted by molar-refractivity contribution is -0.0544. The molecule has 1 saturated heterocycles. The molecular formula is C14H19N3O2. The van der Waals surface area contributed by atoms with E-state index in [1.807, 2.05) is 35.9 Å². The molecule has 1 aromatic heterocycles. The topological polar surface area (TPSA) is 59.3 Å². The lowest BCUT2D eigenvalue weighted by atomic mass is 9.94. The Balaban J connectivity index is 1.76. The number of hydrogen-bond donors (Lipinski definition) is 2. The summed E-state index contributed by atoms with van der Waals surface area (Å²) in [4.78, 5) is 4.54. The van der Waals surface area contributed by atoms with Gasteiger partial charge in [0.1, 0.15) is 0 Å². The van der Waals surface area contributed by atoms with Crippen LogP contribution in [0, 0.1) is 0 Å². The van der Waals surface area contributed by atoms with Crippen LogP contribution in [-0.4, -0.2) is 40.0 Å². The van der Waals surface area contributed by atoms with E-state index in [2.05, 4.69) is 10.3 Å². The molecule has 1 aromatic carbocycles. The first kappa shape index (κ1) is 12.4. The Morgan fingerprint density at radius 1 is 1.37 bits per heavy atom. The van der Waals surface area contributed by atoms with E-state index < -0.39 is 5.60 Å². The highest BCUT2D eigenvalue weighted by Gasteiger charge is 2.29. The van der Waals surface area contributed by atoms with Gasteiger partial charge in [0.15, 0.2) is 0 Å². The van der Waals surface area contributed by atoms with Crippen LogP contribution < -0.4 is 5.32 Å². The van der Waals surface area contributed by atoms with Crippen LogP contribution in [0.1, 0.15) is 12.8 Å². The second-order valence-electron chi connectivity index (χ2n) is 5.17. The van der Waals surface area contributed by atoms with E-state index in [1.165, 1.54) is 0 Å². The van der Waals surface area contributed by atoms with Gasteiger partial charge in [-0.15, -0.1) is 0 Å². The molecule has 0 atom stereocenters. The third-order valence-electron chi connectivity index (χ3n) is 3.79. The summed E-state index contributed by atoms with van der Waals surface area (Å²) >= 11 is 0. The number of aliphatic hydroxyl groups is 1. The standard InChI is InChI=1S/C14H19N3O2/c1-17-12-5-3-2-4-11(12)16-13(17)15-10-14(18)6-8-19-9-7-14/h2-5,18H,6-10H2,1H3,(H,15,16). The van der Waals surface area contributed by atoms with Gasteiger partial charge in [0, 0.05) is 39.6 Å². The predicted octanol–water partition coefficient (Wildman–Crippen LogP) is 1.53. The van der Waals surface area contributed by atoms with E-state index in [1.54, 1.807) is 0 Å². The monoisotopic (exact) mass is 261 g/mol. The summed E-state index contributed by atoms with van der Waals surface area (Å²) in [5.74, 6) is 0.793. The first-order valence-electron chi connectivity index (χ1n) is 6.63. The molecule has 0 spiro atoms. The summed E-state index contributed by atoms with van der Waals surface area (Å²) in [5.41, 5.74) is 1.37. The van der Waals surface area contributed by atoms with Crippen LogP contribution in [0.2, 0.25) is 0 Å². The lowest BCUT2D eigenvalue weighted by Crippen LogP contribution is -2.42. The molecule has 0 saturated carbocycles. The van der Waals surface area contributed by atoms with E-state index in [9.17, 15) is 5.11 Å². The van der Waals surface area contributed by atoms with Gasteiger partial charge in [-0.1, -0.05) is 12.1 Å². The van der Waals surface area contributed by atoms with Gasteiger partial charge in [-0.25, -0.2) is 4.98 Å². The smallest absolute Gasteiger partial charge is 0.203 e. The van der Waals surface area contributed by atoms with Gasteiger partial charge in [0.25, 0.3) is 0 Å². The molecule has 3 rings (SSSR count). The first-order chi connectivity index (χ1) is 9.18. The van der Waals surface area contributed by atoms with Crippen molar-refractivity contribution in [3.05, 3.63) is 24.3 Å². The molecular weight excluding hydrogens is 242 g/mol. The highest BCUT2D eigenvalue weighted by Crippen LogP contribution is 2.22. The maximum Gasteiger partial charge on any atom is 0.203 e. The Bertz CT molecular complexity index is 573. The van der Waals surface area contributed by atoms with Crippen molar-refractivity contribution in [2.75, 3.05) is 25.1 Å². The van der Waals surface area contributed by atoms with E-state index in [0.29, 0.717) is 32.6 Å².